The molecule has 2 saturated carbocycles. The van der Waals surface area contributed by atoms with E-state index in [-0.39, 0.29) is 11.8 Å². The first kappa shape index (κ1) is 25.4. The molecule has 3 unspecified atom stereocenters. The van der Waals surface area contributed by atoms with E-state index in [4.69, 9.17) is 14.2 Å². The minimum atomic E-state index is -0.749. The Labute approximate surface area is 210 Å². The van der Waals surface area contributed by atoms with Crippen LogP contribution in [0.5, 0.6) is 17.2 Å². The van der Waals surface area contributed by atoms with Gasteiger partial charge in [-0.3, -0.25) is 4.79 Å². The van der Waals surface area contributed by atoms with Crippen LogP contribution in [0.3, 0.4) is 0 Å². The summed E-state index contributed by atoms with van der Waals surface area (Å²) in [6, 6.07) is 13.9. The molecule has 0 aliphatic heterocycles. The van der Waals surface area contributed by atoms with E-state index in [1.54, 1.807) is 21.3 Å². The summed E-state index contributed by atoms with van der Waals surface area (Å²) >= 11 is 0. The van der Waals surface area contributed by atoms with E-state index in [9.17, 15) is 4.79 Å². The summed E-state index contributed by atoms with van der Waals surface area (Å²) in [7, 11) is 4.92. The monoisotopic (exact) mass is 479 g/mol. The molecule has 5 nitrogen and oxygen atoms in total. The average molecular weight is 480 g/mol. The fourth-order valence-electron chi connectivity index (χ4n) is 6.54. The Kier molecular flexibility index (Phi) is 7.93. The molecule has 2 aliphatic rings. The number of nitrogens with one attached hydrogen (secondary N) is 1. The van der Waals surface area contributed by atoms with Crippen LogP contribution in [0, 0.1) is 23.2 Å². The van der Waals surface area contributed by atoms with Gasteiger partial charge in [0.2, 0.25) is 5.91 Å². The van der Waals surface area contributed by atoms with Crippen LogP contribution in [0.15, 0.2) is 42.5 Å². The second kappa shape index (κ2) is 10.9. The zero-order valence-corrected chi connectivity index (χ0v) is 21.9. The Morgan fingerprint density at radius 3 is 2.09 bits per heavy atom. The largest absolute Gasteiger partial charge is 0.496 e. The number of carbonyl (C=O) groups excluding carboxylic acids is 1. The van der Waals surface area contributed by atoms with Crippen molar-refractivity contribution in [1.82, 2.24) is 5.32 Å². The summed E-state index contributed by atoms with van der Waals surface area (Å²) in [5.41, 5.74) is 1.15. The highest BCUT2D eigenvalue weighted by molar-refractivity contribution is 5.84. The summed E-state index contributed by atoms with van der Waals surface area (Å²) < 4.78 is 17.1. The molecule has 2 bridgehead atoms. The average Bonchev–Trinajstić information content (AvgIpc) is 2.87. The predicted octanol–water partition coefficient (Wildman–Crippen LogP) is 6.20. The van der Waals surface area contributed by atoms with Gasteiger partial charge in [0, 0.05) is 30.2 Å². The highest BCUT2D eigenvalue weighted by atomic mass is 16.5. The topological polar surface area (TPSA) is 56.8 Å². The fraction of sp³-hybridized carbons (Fsp3) is 0.567. The van der Waals surface area contributed by atoms with E-state index in [1.165, 1.54) is 38.5 Å². The molecule has 2 fully saturated rings. The molecule has 0 aromatic heterocycles. The second-order valence-corrected chi connectivity index (χ2v) is 11.0. The number of fused-ring (bicyclic) bond motifs is 2. The highest BCUT2D eigenvalue weighted by Crippen LogP contribution is 2.50. The molecule has 0 saturated heterocycles. The molecule has 1 amide bonds. The molecular formula is C30H41NO4. The van der Waals surface area contributed by atoms with Crippen LogP contribution in [0.25, 0.3) is 0 Å². The first-order valence-electron chi connectivity index (χ1n) is 13.0. The van der Waals surface area contributed by atoms with E-state index < -0.39 is 5.41 Å². The van der Waals surface area contributed by atoms with Crippen molar-refractivity contribution in [3.8, 4) is 17.2 Å². The van der Waals surface area contributed by atoms with Crippen molar-refractivity contribution in [2.24, 2.45) is 23.2 Å². The summed E-state index contributed by atoms with van der Waals surface area (Å²) in [6.45, 7) is 4.81. The van der Waals surface area contributed by atoms with Gasteiger partial charge in [-0.15, -0.1) is 0 Å². The number of hydrogen-bond donors (Lipinski definition) is 1. The van der Waals surface area contributed by atoms with E-state index in [1.807, 2.05) is 44.2 Å². The van der Waals surface area contributed by atoms with Gasteiger partial charge in [0.25, 0.3) is 0 Å². The minimum Gasteiger partial charge on any atom is -0.496 e. The molecular weight excluding hydrogens is 438 g/mol. The van der Waals surface area contributed by atoms with Crippen LogP contribution in [-0.2, 0) is 4.79 Å². The molecule has 2 aromatic carbocycles. The zero-order valence-electron chi connectivity index (χ0n) is 21.9. The van der Waals surface area contributed by atoms with Gasteiger partial charge in [-0.25, -0.2) is 0 Å². The Bertz CT molecular complexity index is 966. The van der Waals surface area contributed by atoms with Crippen molar-refractivity contribution >= 4 is 5.91 Å². The number of amides is 1. The number of ether oxygens (including phenoxy) is 3. The Morgan fingerprint density at radius 1 is 0.943 bits per heavy atom. The van der Waals surface area contributed by atoms with Crippen molar-refractivity contribution in [2.75, 3.05) is 27.9 Å². The van der Waals surface area contributed by atoms with Crippen LogP contribution in [-0.4, -0.2) is 33.8 Å². The Balaban J connectivity index is 1.64. The van der Waals surface area contributed by atoms with Gasteiger partial charge >= 0.3 is 0 Å². The van der Waals surface area contributed by atoms with Gasteiger partial charge in [-0.1, -0.05) is 63.4 Å². The summed E-state index contributed by atoms with van der Waals surface area (Å²) in [5.74, 6) is 4.02. The molecule has 5 heteroatoms. The fourth-order valence-corrected chi connectivity index (χ4v) is 6.54. The predicted molar refractivity (Wildman–Crippen MR) is 139 cm³/mol. The normalized spacial score (nSPS) is 22.7. The van der Waals surface area contributed by atoms with Crippen molar-refractivity contribution in [1.29, 1.82) is 0 Å². The highest BCUT2D eigenvalue weighted by Gasteiger charge is 2.42. The molecule has 4 rings (SSSR count). The SMILES string of the molecule is COc1cc(OC)c(C(c2ccccc2)C(C)(C)C(=O)NCC2CC3CCCC(C3)C2)c(OC)c1. The lowest BCUT2D eigenvalue weighted by atomic mass is 9.67. The molecule has 0 radical (unpaired) electrons. The van der Waals surface area contributed by atoms with Gasteiger partial charge < -0.3 is 19.5 Å². The second-order valence-electron chi connectivity index (χ2n) is 11.0. The molecule has 0 heterocycles. The van der Waals surface area contributed by atoms with E-state index >= 15 is 0 Å². The molecule has 35 heavy (non-hydrogen) atoms. The van der Waals surface area contributed by atoms with Crippen LogP contribution < -0.4 is 19.5 Å². The molecule has 190 valence electrons. The van der Waals surface area contributed by atoms with Crippen LogP contribution >= 0.6 is 0 Å². The van der Waals surface area contributed by atoms with E-state index in [0.29, 0.717) is 23.2 Å². The zero-order chi connectivity index (χ0) is 25.0. The van der Waals surface area contributed by atoms with Crippen molar-refractivity contribution in [3.05, 3.63) is 53.6 Å². The minimum absolute atomic E-state index is 0.0574. The molecule has 1 N–H and O–H groups in total. The lowest BCUT2D eigenvalue weighted by molar-refractivity contribution is -0.130. The smallest absolute Gasteiger partial charge is 0.226 e. The maximum atomic E-state index is 13.8. The molecule has 2 aliphatic carbocycles. The number of methoxy groups -OCH3 is 3. The van der Waals surface area contributed by atoms with Gasteiger partial charge in [0.05, 0.1) is 26.7 Å². The van der Waals surface area contributed by atoms with E-state index in [0.717, 1.165) is 29.5 Å². The van der Waals surface area contributed by atoms with Gasteiger partial charge in [0.15, 0.2) is 0 Å². The first-order chi connectivity index (χ1) is 16.9. The maximum Gasteiger partial charge on any atom is 0.226 e. The quantitative estimate of drug-likeness (QED) is 0.465. The summed E-state index contributed by atoms with van der Waals surface area (Å²) in [5, 5.41) is 3.35. The van der Waals surface area contributed by atoms with Crippen molar-refractivity contribution < 1.29 is 19.0 Å². The number of carbonyl (C=O) groups is 1. The summed E-state index contributed by atoms with van der Waals surface area (Å²) in [4.78, 5) is 13.8. The van der Waals surface area contributed by atoms with Crippen molar-refractivity contribution in [2.45, 2.75) is 58.3 Å². The standard InChI is InChI=1S/C30H41NO4/c1-30(2,29(32)31-19-22-15-20-10-9-11-21(14-20)16-22)28(23-12-7-6-8-13-23)27-25(34-4)17-24(33-3)18-26(27)35-5/h6-8,12-13,17-18,20-22,28H,9-11,14-16,19H2,1-5H3,(H,31,32). The van der Waals surface area contributed by atoms with Crippen molar-refractivity contribution in [3.63, 3.8) is 0 Å². The van der Waals surface area contributed by atoms with Gasteiger partial charge in [-0.05, 0) is 42.6 Å². The maximum absolute atomic E-state index is 13.8. The van der Waals surface area contributed by atoms with Crippen LogP contribution in [0.2, 0.25) is 0 Å². The molecule has 3 atom stereocenters. The van der Waals surface area contributed by atoms with Crippen LogP contribution in [0.1, 0.15) is 69.4 Å². The number of rotatable bonds is 9. The Morgan fingerprint density at radius 2 is 1.54 bits per heavy atom. The molecule has 2 aromatic rings. The van der Waals surface area contributed by atoms with Crippen LogP contribution in [0.4, 0.5) is 0 Å². The first-order valence-corrected chi connectivity index (χ1v) is 13.0. The Hall–Kier alpha value is -2.69. The number of benzene rings is 2. The lowest BCUT2D eigenvalue weighted by Gasteiger charge is -2.40. The van der Waals surface area contributed by atoms with Gasteiger partial charge in [-0.2, -0.15) is 0 Å². The third kappa shape index (κ3) is 5.44. The lowest BCUT2D eigenvalue weighted by Crippen LogP contribution is -2.44. The third-order valence-electron chi connectivity index (χ3n) is 8.26. The number of hydrogen-bond acceptors (Lipinski definition) is 4. The third-order valence-corrected chi connectivity index (χ3v) is 8.26. The molecule has 0 spiro atoms. The van der Waals surface area contributed by atoms with Gasteiger partial charge in [0.1, 0.15) is 17.2 Å². The summed E-state index contributed by atoms with van der Waals surface area (Å²) in [6.07, 6.45) is 7.99. The van der Waals surface area contributed by atoms with E-state index in [2.05, 4.69) is 17.4 Å².